The Morgan fingerprint density at radius 1 is 1.15 bits per heavy atom. The van der Waals surface area contributed by atoms with Crippen LogP contribution in [-0.4, -0.2) is 41.8 Å². The van der Waals surface area contributed by atoms with Crippen molar-refractivity contribution in [2.24, 2.45) is 5.92 Å². The number of hydrogen-bond donors (Lipinski definition) is 1. The maximum Gasteiger partial charge on any atom is 0.220 e. The lowest BCUT2D eigenvalue weighted by Crippen LogP contribution is -2.54. The van der Waals surface area contributed by atoms with Crippen LogP contribution in [-0.2, 0) is 17.6 Å². The van der Waals surface area contributed by atoms with Crippen LogP contribution in [0.25, 0.3) is 0 Å². The molecule has 148 valence electrons. The smallest absolute Gasteiger partial charge is 0.220 e. The fraction of sp³-hybridized carbons (Fsp3) is 0.652. The summed E-state index contributed by atoms with van der Waals surface area (Å²) in [6.07, 6.45) is 6.45. The summed E-state index contributed by atoms with van der Waals surface area (Å²) in [4.78, 5) is 27.2. The molecule has 3 rings (SSSR count). The Labute approximate surface area is 163 Å². The van der Waals surface area contributed by atoms with E-state index in [0.717, 1.165) is 37.4 Å². The van der Waals surface area contributed by atoms with Gasteiger partial charge in [-0.3, -0.25) is 14.5 Å². The van der Waals surface area contributed by atoms with Crippen LogP contribution in [0, 0.1) is 5.92 Å². The van der Waals surface area contributed by atoms with E-state index in [-0.39, 0.29) is 30.1 Å². The largest absolute Gasteiger partial charge is 0.354 e. The zero-order chi connectivity index (χ0) is 19.4. The number of benzene rings is 1. The van der Waals surface area contributed by atoms with Crippen molar-refractivity contribution >= 4 is 11.7 Å². The maximum atomic E-state index is 12.4. The minimum atomic E-state index is -0.0473. The van der Waals surface area contributed by atoms with Crippen molar-refractivity contribution in [1.82, 2.24) is 10.2 Å². The van der Waals surface area contributed by atoms with Crippen LogP contribution in [0.2, 0.25) is 0 Å². The molecule has 1 atom stereocenters. The van der Waals surface area contributed by atoms with Crippen molar-refractivity contribution in [3.8, 4) is 0 Å². The normalized spacial score (nSPS) is 20.3. The van der Waals surface area contributed by atoms with Crippen LogP contribution in [0.4, 0.5) is 0 Å². The first-order valence-electron chi connectivity index (χ1n) is 10.5. The third-order valence-electron chi connectivity index (χ3n) is 6.23. The average molecular weight is 371 g/mol. The fourth-order valence-electron chi connectivity index (χ4n) is 4.37. The molecule has 1 amide bonds. The minimum Gasteiger partial charge on any atom is -0.354 e. The quantitative estimate of drug-likeness (QED) is 0.744. The number of Topliss-reactive ketones (excluding diaryl/α,β-unsaturated/α-hetero) is 1. The molecule has 1 heterocycles. The van der Waals surface area contributed by atoms with E-state index in [1.54, 1.807) is 0 Å². The van der Waals surface area contributed by atoms with Crippen LogP contribution in [0.3, 0.4) is 0 Å². The van der Waals surface area contributed by atoms with Gasteiger partial charge in [0.25, 0.3) is 0 Å². The lowest BCUT2D eigenvalue weighted by Gasteiger charge is -2.43. The Morgan fingerprint density at radius 3 is 2.70 bits per heavy atom. The van der Waals surface area contributed by atoms with Crippen LogP contribution >= 0.6 is 0 Å². The molecule has 0 spiro atoms. The molecule has 27 heavy (non-hydrogen) atoms. The molecule has 1 aromatic rings. The average Bonchev–Trinajstić information content (AvgIpc) is 3.12. The highest BCUT2D eigenvalue weighted by molar-refractivity contribution is 5.98. The summed E-state index contributed by atoms with van der Waals surface area (Å²) in [6.45, 7) is 9.52. The highest BCUT2D eigenvalue weighted by atomic mass is 16.2. The molecular formula is C23H34N2O2. The maximum absolute atomic E-state index is 12.4. The van der Waals surface area contributed by atoms with Crippen LogP contribution < -0.4 is 5.32 Å². The Morgan fingerprint density at radius 2 is 1.93 bits per heavy atom. The van der Waals surface area contributed by atoms with Crippen LogP contribution in [0.5, 0.6) is 0 Å². The van der Waals surface area contributed by atoms with Gasteiger partial charge in [0, 0.05) is 37.0 Å². The second kappa shape index (κ2) is 8.55. The number of nitrogens with one attached hydrogen (secondary N) is 1. The zero-order valence-corrected chi connectivity index (χ0v) is 17.1. The van der Waals surface area contributed by atoms with Crippen molar-refractivity contribution in [2.75, 3.05) is 19.6 Å². The van der Waals surface area contributed by atoms with Crippen molar-refractivity contribution in [1.29, 1.82) is 0 Å². The van der Waals surface area contributed by atoms with Gasteiger partial charge in [0.1, 0.15) is 0 Å². The third-order valence-corrected chi connectivity index (χ3v) is 6.23. The summed E-state index contributed by atoms with van der Waals surface area (Å²) in [5.41, 5.74) is 3.39. The predicted molar refractivity (Wildman–Crippen MR) is 109 cm³/mol. The van der Waals surface area contributed by atoms with E-state index < -0.39 is 0 Å². The molecule has 0 saturated carbocycles. The molecule has 1 N–H and O–H groups in total. The number of fused-ring (bicyclic) bond motifs is 1. The Hall–Kier alpha value is -1.68. The van der Waals surface area contributed by atoms with Crippen molar-refractivity contribution < 1.29 is 9.59 Å². The Kier molecular flexibility index (Phi) is 6.36. The van der Waals surface area contributed by atoms with E-state index in [1.807, 2.05) is 12.1 Å². The summed E-state index contributed by atoms with van der Waals surface area (Å²) in [5.74, 6) is 0.769. The van der Waals surface area contributed by atoms with E-state index in [9.17, 15) is 9.59 Å². The fourth-order valence-corrected chi connectivity index (χ4v) is 4.37. The molecule has 1 aliphatic heterocycles. The second-order valence-electron chi connectivity index (χ2n) is 9.04. The topological polar surface area (TPSA) is 49.4 Å². The Bertz CT molecular complexity index is 696. The number of aryl methyl sites for hydroxylation is 2. The standard InChI is InChI=1S/C23H34N2O2/c1-17-6-5-13-25(15-17)23(2,3)16-24-22(27)12-11-21(26)20-10-9-18-7-4-8-19(18)14-20/h9-10,14,17H,4-8,11-13,15-16H2,1-3H3,(H,24,27). The number of carbonyl (C=O) groups is 2. The van der Waals surface area contributed by atoms with E-state index in [2.05, 4.69) is 37.1 Å². The molecule has 1 unspecified atom stereocenters. The SMILES string of the molecule is CC1CCCN(C(C)(C)CNC(=O)CCC(=O)c2ccc3c(c2)CCC3)C1. The van der Waals surface area contributed by atoms with Gasteiger partial charge in [0.2, 0.25) is 5.91 Å². The number of nitrogens with zero attached hydrogens (tertiary/aromatic N) is 1. The molecule has 1 aliphatic carbocycles. The molecule has 1 saturated heterocycles. The minimum absolute atomic E-state index is 0.0253. The van der Waals surface area contributed by atoms with Gasteiger partial charge in [0.05, 0.1) is 0 Å². The molecule has 1 fully saturated rings. The van der Waals surface area contributed by atoms with E-state index in [4.69, 9.17) is 0 Å². The predicted octanol–water partition coefficient (Wildman–Crippen LogP) is 3.76. The number of carbonyl (C=O) groups excluding carboxylic acids is 2. The van der Waals surface area contributed by atoms with Crippen LogP contribution in [0.15, 0.2) is 18.2 Å². The molecule has 0 radical (unpaired) electrons. The number of amides is 1. The second-order valence-corrected chi connectivity index (χ2v) is 9.04. The van der Waals surface area contributed by atoms with Crippen LogP contribution in [0.1, 0.15) is 74.4 Å². The van der Waals surface area contributed by atoms with E-state index in [1.165, 1.54) is 30.4 Å². The summed E-state index contributed by atoms with van der Waals surface area (Å²) >= 11 is 0. The molecule has 1 aromatic carbocycles. The Balaban J connectivity index is 1.44. The summed E-state index contributed by atoms with van der Waals surface area (Å²) < 4.78 is 0. The van der Waals surface area contributed by atoms with Gasteiger partial charge in [-0.15, -0.1) is 0 Å². The first-order chi connectivity index (χ1) is 12.8. The van der Waals surface area contributed by atoms with E-state index in [0.29, 0.717) is 6.54 Å². The lowest BCUT2D eigenvalue weighted by atomic mass is 9.93. The van der Waals surface area contributed by atoms with Gasteiger partial charge in [0.15, 0.2) is 5.78 Å². The first-order valence-corrected chi connectivity index (χ1v) is 10.5. The lowest BCUT2D eigenvalue weighted by molar-refractivity contribution is -0.121. The molecule has 4 nitrogen and oxygen atoms in total. The monoisotopic (exact) mass is 370 g/mol. The van der Waals surface area contributed by atoms with Gasteiger partial charge in [-0.1, -0.05) is 19.1 Å². The first kappa shape index (κ1) is 20.1. The highest BCUT2D eigenvalue weighted by Crippen LogP contribution is 2.24. The van der Waals surface area contributed by atoms with Crippen molar-refractivity contribution in [3.63, 3.8) is 0 Å². The van der Waals surface area contributed by atoms with Gasteiger partial charge in [-0.2, -0.15) is 0 Å². The van der Waals surface area contributed by atoms with Gasteiger partial charge >= 0.3 is 0 Å². The molecule has 2 aliphatic rings. The summed E-state index contributed by atoms with van der Waals surface area (Å²) in [6, 6.07) is 6.03. The number of likely N-dealkylation sites (tertiary alicyclic amines) is 1. The number of hydrogen-bond acceptors (Lipinski definition) is 3. The third kappa shape index (κ3) is 5.19. The molecule has 4 heteroatoms. The number of piperidine rings is 1. The van der Waals surface area contributed by atoms with Gasteiger partial charge in [-0.25, -0.2) is 0 Å². The molecule has 0 aromatic heterocycles. The summed E-state index contributed by atoms with van der Waals surface area (Å²) in [7, 11) is 0. The van der Waals surface area contributed by atoms with E-state index >= 15 is 0 Å². The highest BCUT2D eigenvalue weighted by Gasteiger charge is 2.30. The van der Waals surface area contributed by atoms with Crippen molar-refractivity contribution in [2.45, 2.75) is 71.3 Å². The van der Waals surface area contributed by atoms with Gasteiger partial charge in [-0.05, 0) is 75.6 Å². The number of ketones is 1. The molecule has 0 bridgehead atoms. The van der Waals surface area contributed by atoms with Gasteiger partial charge < -0.3 is 5.32 Å². The zero-order valence-electron chi connectivity index (χ0n) is 17.1. The van der Waals surface area contributed by atoms with Crippen molar-refractivity contribution in [3.05, 3.63) is 34.9 Å². The molecular weight excluding hydrogens is 336 g/mol. The summed E-state index contributed by atoms with van der Waals surface area (Å²) in [5, 5.41) is 3.05. The number of rotatable bonds is 7.